The zero-order chi connectivity index (χ0) is 38.5. The molecule has 7 nitrogen and oxygen atoms in total. The van der Waals surface area contributed by atoms with Gasteiger partial charge in [0.15, 0.2) is 5.71 Å². The van der Waals surface area contributed by atoms with Crippen molar-refractivity contribution in [3.63, 3.8) is 0 Å². The quantitative estimate of drug-likeness (QED) is 0.0324. The predicted molar refractivity (Wildman–Crippen MR) is 224 cm³/mol. The molecule has 0 radical (unpaired) electrons. The minimum absolute atomic E-state index is 0.217. The third-order valence-electron chi connectivity index (χ3n) is 10.9. The van der Waals surface area contributed by atoms with Gasteiger partial charge in [0.05, 0.1) is 15.5 Å². The summed E-state index contributed by atoms with van der Waals surface area (Å²) in [7, 11) is -4.25. The van der Waals surface area contributed by atoms with Gasteiger partial charge < -0.3 is 13.6 Å². The molecule has 0 bridgehead atoms. The van der Waals surface area contributed by atoms with Crippen molar-refractivity contribution in [2.75, 3.05) is 23.7 Å². The molecule has 4 aromatic rings. The molecule has 0 spiro atoms. The van der Waals surface area contributed by atoms with E-state index in [1.807, 2.05) is 12.2 Å². The highest BCUT2D eigenvalue weighted by atomic mass is 32.2. The summed E-state index contributed by atoms with van der Waals surface area (Å²) < 4.78 is 40.8. The number of fused-ring (bicyclic) bond motifs is 6. The molecule has 0 unspecified atom stereocenters. The van der Waals surface area contributed by atoms with Gasteiger partial charge in [0.25, 0.3) is 0 Å². The molecule has 2 aliphatic rings. The van der Waals surface area contributed by atoms with E-state index in [4.69, 9.17) is 0 Å². The van der Waals surface area contributed by atoms with Crippen LogP contribution in [0.25, 0.3) is 21.5 Å². The minimum atomic E-state index is -4.25. The van der Waals surface area contributed by atoms with Gasteiger partial charge in [-0.1, -0.05) is 98.8 Å². The second-order valence-electron chi connectivity index (χ2n) is 15.2. The standard InChI is InChI=1S/C45H50N2O5S2/c1-44(2)39(46(30-16-8-11-25-41(48)52-53)37-28-26-33-19-12-14-21-35(33)42(37)44)23-9-6-5-7-10-24-40-45(3,4)43-36-22-15-13-20-34(36)27-29-38(43)47(40)31-17-18-32-54(49,50)51/h5-7,9-10,12-15,19-24,26-29H,8,11,16-18,25,30-32H2,1-4H3,(H-,49,50,51,53). The van der Waals surface area contributed by atoms with E-state index in [9.17, 15) is 17.8 Å². The van der Waals surface area contributed by atoms with Crippen molar-refractivity contribution >= 4 is 67.6 Å². The lowest BCUT2D eigenvalue weighted by Crippen LogP contribution is -2.28. The number of hydrogen-bond donors (Lipinski definition) is 1. The number of nitrogens with zero attached hydrogens (tertiary/aromatic N) is 2. The number of benzene rings is 4. The van der Waals surface area contributed by atoms with E-state index in [-0.39, 0.29) is 22.6 Å². The molecule has 282 valence electrons. The van der Waals surface area contributed by atoms with Crippen molar-refractivity contribution in [3.8, 4) is 0 Å². The molecule has 4 aromatic carbocycles. The highest BCUT2D eigenvalue weighted by molar-refractivity contribution is 7.85. The van der Waals surface area contributed by atoms with Crippen LogP contribution in [0.5, 0.6) is 0 Å². The molecule has 2 aliphatic heterocycles. The molecule has 0 aliphatic carbocycles. The number of carbonyl (C=O) groups is 1. The largest absolute Gasteiger partial charge is 0.748 e. The number of allylic oxidation sites excluding steroid dienone is 8. The van der Waals surface area contributed by atoms with E-state index in [0.717, 1.165) is 37.2 Å². The summed E-state index contributed by atoms with van der Waals surface area (Å²) >= 11 is 3.63. The van der Waals surface area contributed by atoms with Crippen molar-refractivity contribution in [1.29, 1.82) is 0 Å². The molecule has 54 heavy (non-hydrogen) atoms. The van der Waals surface area contributed by atoms with Crippen LogP contribution < -0.4 is 4.90 Å². The highest BCUT2D eigenvalue weighted by Gasteiger charge is 2.45. The Balaban J connectivity index is 1.23. The molecule has 0 saturated carbocycles. The SMILES string of the molecule is CC1(C)C(/C=C/C=C/C=C/C=C2\N(CCCCS(=O)(=O)[O-])c3ccc4ccccc4c3C2(C)C)=[N+](CCCCCC(=O)OS)c2ccc3ccccc3c21. The van der Waals surface area contributed by atoms with Crippen molar-refractivity contribution < 1.29 is 26.5 Å². The van der Waals surface area contributed by atoms with Crippen LogP contribution in [-0.4, -0.2) is 48.1 Å². The lowest BCUT2D eigenvalue weighted by molar-refractivity contribution is -0.438. The maximum atomic E-state index is 11.6. The summed E-state index contributed by atoms with van der Waals surface area (Å²) in [6, 6.07) is 25.7. The van der Waals surface area contributed by atoms with Gasteiger partial charge in [-0.15, -0.1) is 0 Å². The fourth-order valence-corrected chi connectivity index (χ4v) is 9.00. The third-order valence-corrected chi connectivity index (χ3v) is 11.8. The first-order chi connectivity index (χ1) is 25.8. The van der Waals surface area contributed by atoms with Crippen LogP contribution in [0.2, 0.25) is 0 Å². The van der Waals surface area contributed by atoms with Crippen LogP contribution >= 0.6 is 12.9 Å². The smallest absolute Gasteiger partial charge is 0.317 e. The second-order valence-corrected chi connectivity index (χ2v) is 16.9. The first kappa shape index (κ1) is 39.3. The zero-order valence-electron chi connectivity index (χ0n) is 31.6. The van der Waals surface area contributed by atoms with E-state index >= 15 is 0 Å². The minimum Gasteiger partial charge on any atom is -0.748 e. The lowest BCUT2D eigenvalue weighted by atomic mass is 9.79. The Morgan fingerprint density at radius 3 is 2.13 bits per heavy atom. The van der Waals surface area contributed by atoms with Crippen LogP contribution in [0.4, 0.5) is 11.4 Å². The summed E-state index contributed by atoms with van der Waals surface area (Å²) in [5, 5.41) is 4.89. The molecule has 0 amide bonds. The van der Waals surface area contributed by atoms with Crippen LogP contribution in [0.15, 0.2) is 121 Å². The van der Waals surface area contributed by atoms with Crippen LogP contribution in [0.3, 0.4) is 0 Å². The molecule has 0 aromatic heterocycles. The van der Waals surface area contributed by atoms with E-state index in [1.165, 1.54) is 44.1 Å². The molecule has 9 heteroatoms. The molecule has 2 heterocycles. The van der Waals surface area contributed by atoms with E-state index in [1.54, 1.807) is 0 Å². The number of rotatable bonds is 15. The molecule has 0 N–H and O–H groups in total. The molecular weight excluding hydrogens is 713 g/mol. The van der Waals surface area contributed by atoms with E-state index in [0.29, 0.717) is 25.8 Å². The molecule has 0 fully saturated rings. The molecule has 6 rings (SSSR count). The summed E-state index contributed by atoms with van der Waals surface area (Å²) in [6.07, 6.45) is 18.6. The zero-order valence-corrected chi connectivity index (χ0v) is 33.3. The maximum absolute atomic E-state index is 11.6. The highest BCUT2D eigenvalue weighted by Crippen LogP contribution is 2.51. The number of carbonyl (C=O) groups excluding carboxylic acids is 1. The summed E-state index contributed by atoms with van der Waals surface area (Å²) in [6.45, 7) is 10.5. The van der Waals surface area contributed by atoms with Gasteiger partial charge in [-0.25, -0.2) is 8.42 Å². The first-order valence-electron chi connectivity index (χ1n) is 18.8. The number of unbranched alkanes of at least 4 members (excludes halogenated alkanes) is 3. The van der Waals surface area contributed by atoms with Gasteiger partial charge in [-0.3, -0.25) is 4.79 Å². The average Bonchev–Trinajstić information content (AvgIpc) is 3.50. The topological polar surface area (TPSA) is 89.8 Å². The van der Waals surface area contributed by atoms with Crippen LogP contribution in [0.1, 0.15) is 77.3 Å². The normalized spacial score (nSPS) is 17.2. The predicted octanol–water partition coefficient (Wildman–Crippen LogP) is 9.99. The van der Waals surface area contributed by atoms with Gasteiger partial charge in [-0.05, 0) is 84.8 Å². The van der Waals surface area contributed by atoms with Gasteiger partial charge in [0.2, 0.25) is 5.69 Å². The van der Waals surface area contributed by atoms with Crippen molar-refractivity contribution in [2.45, 2.75) is 77.0 Å². The first-order valence-corrected chi connectivity index (χ1v) is 20.8. The van der Waals surface area contributed by atoms with E-state index < -0.39 is 10.1 Å². The van der Waals surface area contributed by atoms with Gasteiger partial charge in [-0.2, -0.15) is 4.58 Å². The number of hydrogen-bond acceptors (Lipinski definition) is 7. The monoisotopic (exact) mass is 762 g/mol. The second kappa shape index (κ2) is 16.5. The van der Waals surface area contributed by atoms with Gasteiger partial charge in [0, 0.05) is 72.6 Å². The van der Waals surface area contributed by atoms with Gasteiger partial charge in [0.1, 0.15) is 6.54 Å². The van der Waals surface area contributed by atoms with Crippen LogP contribution in [-0.2, 0) is 29.9 Å². The summed E-state index contributed by atoms with van der Waals surface area (Å²) in [5.74, 6) is -0.642. The van der Waals surface area contributed by atoms with Crippen LogP contribution in [0, 0.1) is 0 Å². The van der Waals surface area contributed by atoms with Crippen molar-refractivity contribution in [2.24, 2.45) is 0 Å². The summed E-state index contributed by atoms with van der Waals surface area (Å²) in [5.41, 5.74) is 6.80. The number of anilines is 1. The fourth-order valence-electron chi connectivity index (χ4n) is 8.35. The Morgan fingerprint density at radius 2 is 1.43 bits per heavy atom. The maximum Gasteiger partial charge on any atom is 0.317 e. The van der Waals surface area contributed by atoms with Crippen molar-refractivity contribution in [1.82, 2.24) is 0 Å². The average molecular weight is 763 g/mol. The molecule has 0 atom stereocenters. The van der Waals surface area contributed by atoms with Gasteiger partial charge >= 0.3 is 5.97 Å². The Bertz CT molecular complexity index is 2320. The van der Waals surface area contributed by atoms with Crippen molar-refractivity contribution in [3.05, 3.63) is 132 Å². The molecular formula is C45H50N2O5S2. The Kier molecular flexibility index (Phi) is 12.0. The Labute approximate surface area is 325 Å². The Morgan fingerprint density at radius 1 is 0.778 bits per heavy atom. The molecule has 0 saturated heterocycles. The third kappa shape index (κ3) is 8.28. The van der Waals surface area contributed by atoms with E-state index in [2.05, 4.69) is 157 Å². The fraction of sp³-hybridized carbons (Fsp3) is 0.333. The Hall–Kier alpha value is -4.44. The lowest BCUT2D eigenvalue weighted by Gasteiger charge is -2.27. The summed E-state index contributed by atoms with van der Waals surface area (Å²) in [4.78, 5) is 13.9. The number of thiol groups is 1.